The van der Waals surface area contributed by atoms with Gasteiger partial charge in [-0.2, -0.15) is 0 Å². The van der Waals surface area contributed by atoms with E-state index in [2.05, 4.69) is 0 Å². The van der Waals surface area contributed by atoms with Crippen molar-refractivity contribution in [3.63, 3.8) is 0 Å². The molecule has 2 rings (SSSR count). The lowest BCUT2D eigenvalue weighted by Crippen LogP contribution is -2.29. The first-order valence-corrected chi connectivity index (χ1v) is 6.43. The number of hydrogen-bond acceptors (Lipinski definition) is 2. The minimum absolute atomic E-state index is 0.127. The summed E-state index contributed by atoms with van der Waals surface area (Å²) in [6.45, 7) is 3.22. The normalized spacial score (nSPS) is 24.9. The maximum absolute atomic E-state index is 11.9. The molecule has 2 unspecified atom stereocenters. The minimum Gasteiger partial charge on any atom is -0.376 e. The van der Waals surface area contributed by atoms with Gasteiger partial charge >= 0.3 is 0 Å². The summed E-state index contributed by atoms with van der Waals surface area (Å²) in [5.74, 6) is 0.751. The van der Waals surface area contributed by atoms with Crippen LogP contribution in [0.2, 0.25) is 0 Å². The summed E-state index contributed by atoms with van der Waals surface area (Å²) in [5.41, 5.74) is 1.17. The highest BCUT2D eigenvalue weighted by molar-refractivity contribution is 5.83. The van der Waals surface area contributed by atoms with Gasteiger partial charge in [0.05, 0.1) is 13.2 Å². The Kier molecular flexibility index (Phi) is 4.32. The largest absolute Gasteiger partial charge is 0.376 e. The van der Waals surface area contributed by atoms with Crippen LogP contribution in [0.5, 0.6) is 0 Å². The summed E-state index contributed by atoms with van der Waals surface area (Å²) in [5, 5.41) is 0. The Balaban J connectivity index is 1.77. The van der Waals surface area contributed by atoms with Crippen LogP contribution in [0.3, 0.4) is 0 Å². The van der Waals surface area contributed by atoms with E-state index in [-0.39, 0.29) is 11.8 Å². The molecule has 1 aliphatic rings. The van der Waals surface area contributed by atoms with E-state index in [4.69, 9.17) is 4.74 Å². The highest BCUT2D eigenvalue weighted by Crippen LogP contribution is 2.25. The summed E-state index contributed by atoms with van der Waals surface area (Å²) in [6, 6.07) is 10.1. The van der Waals surface area contributed by atoms with Crippen molar-refractivity contribution >= 4 is 5.78 Å². The Hall–Kier alpha value is -1.15. The molecule has 0 bridgehead atoms. The molecule has 0 spiro atoms. The second-order valence-corrected chi connectivity index (χ2v) is 4.93. The quantitative estimate of drug-likeness (QED) is 0.796. The molecule has 0 N–H and O–H groups in total. The molecule has 1 aromatic rings. The Labute approximate surface area is 103 Å². The molecule has 1 aromatic carbocycles. The maximum atomic E-state index is 11.9. The van der Waals surface area contributed by atoms with Crippen molar-refractivity contribution in [2.24, 2.45) is 11.8 Å². The zero-order valence-electron chi connectivity index (χ0n) is 10.4. The molecule has 92 valence electrons. The first-order chi connectivity index (χ1) is 8.27. The zero-order valence-corrected chi connectivity index (χ0v) is 10.4. The van der Waals surface area contributed by atoms with Gasteiger partial charge in [-0.1, -0.05) is 43.7 Å². The second-order valence-electron chi connectivity index (χ2n) is 4.93. The number of rotatable bonds is 4. The first kappa shape index (κ1) is 12.3. The van der Waals surface area contributed by atoms with Crippen LogP contribution in [-0.4, -0.2) is 12.4 Å². The van der Waals surface area contributed by atoms with E-state index in [1.165, 1.54) is 5.56 Å². The Morgan fingerprint density at radius 3 is 2.76 bits per heavy atom. The fraction of sp³-hybridized carbons (Fsp3) is 0.533. The molecule has 1 aliphatic carbocycles. The van der Waals surface area contributed by atoms with Crippen molar-refractivity contribution in [3.8, 4) is 0 Å². The molecule has 1 fully saturated rings. The topological polar surface area (TPSA) is 26.3 Å². The van der Waals surface area contributed by atoms with Crippen LogP contribution in [0, 0.1) is 11.8 Å². The van der Waals surface area contributed by atoms with Gasteiger partial charge in [0.15, 0.2) is 0 Å². The van der Waals surface area contributed by atoms with E-state index in [0.29, 0.717) is 19.0 Å². The number of carbonyl (C=O) groups is 1. The van der Waals surface area contributed by atoms with E-state index < -0.39 is 0 Å². The van der Waals surface area contributed by atoms with Crippen molar-refractivity contribution < 1.29 is 9.53 Å². The van der Waals surface area contributed by atoms with Crippen molar-refractivity contribution in [3.05, 3.63) is 35.9 Å². The van der Waals surface area contributed by atoms with E-state index in [1.807, 2.05) is 37.3 Å². The number of benzene rings is 1. The summed E-state index contributed by atoms with van der Waals surface area (Å²) in [6.07, 6.45) is 3.21. The Morgan fingerprint density at radius 2 is 2.00 bits per heavy atom. The molecule has 0 amide bonds. The van der Waals surface area contributed by atoms with Gasteiger partial charge < -0.3 is 4.74 Å². The molecule has 17 heavy (non-hydrogen) atoms. The second kappa shape index (κ2) is 5.97. The maximum Gasteiger partial charge on any atom is 0.141 e. The third-order valence-corrected chi connectivity index (χ3v) is 3.51. The predicted molar refractivity (Wildman–Crippen MR) is 67.6 cm³/mol. The average Bonchev–Trinajstić information content (AvgIpc) is 2.36. The highest BCUT2D eigenvalue weighted by atomic mass is 16.5. The molecule has 2 nitrogen and oxygen atoms in total. The molecule has 0 aromatic heterocycles. The highest BCUT2D eigenvalue weighted by Gasteiger charge is 2.27. The van der Waals surface area contributed by atoms with Gasteiger partial charge in [-0.05, 0) is 18.4 Å². The summed E-state index contributed by atoms with van der Waals surface area (Å²) < 4.78 is 5.66. The monoisotopic (exact) mass is 232 g/mol. The molecule has 0 saturated heterocycles. The molecule has 0 heterocycles. The van der Waals surface area contributed by atoms with Crippen molar-refractivity contribution in [1.82, 2.24) is 0 Å². The molecular formula is C15H20O2. The van der Waals surface area contributed by atoms with Crippen LogP contribution in [0.25, 0.3) is 0 Å². The third-order valence-electron chi connectivity index (χ3n) is 3.51. The van der Waals surface area contributed by atoms with E-state index >= 15 is 0 Å². The molecule has 2 heteroatoms. The fourth-order valence-corrected chi connectivity index (χ4v) is 2.42. The number of Topliss-reactive ketones (excluding diaryl/α,β-unsaturated/α-hetero) is 1. The number of carbonyl (C=O) groups excluding carboxylic acids is 1. The van der Waals surface area contributed by atoms with E-state index in [9.17, 15) is 4.79 Å². The van der Waals surface area contributed by atoms with Crippen LogP contribution < -0.4 is 0 Å². The lowest BCUT2D eigenvalue weighted by molar-refractivity contribution is -0.131. The van der Waals surface area contributed by atoms with Gasteiger partial charge in [-0.3, -0.25) is 4.79 Å². The standard InChI is InChI=1S/C15H20O2/c1-12-6-5-9-14(15(12)16)11-17-10-13-7-3-2-4-8-13/h2-4,7-8,12,14H,5-6,9-11H2,1H3. The van der Waals surface area contributed by atoms with Crippen LogP contribution in [0.4, 0.5) is 0 Å². The summed E-state index contributed by atoms with van der Waals surface area (Å²) >= 11 is 0. The first-order valence-electron chi connectivity index (χ1n) is 6.43. The van der Waals surface area contributed by atoms with Crippen molar-refractivity contribution in [1.29, 1.82) is 0 Å². The van der Waals surface area contributed by atoms with Gasteiger partial charge in [0.2, 0.25) is 0 Å². The van der Waals surface area contributed by atoms with E-state index in [0.717, 1.165) is 19.3 Å². The van der Waals surface area contributed by atoms with Gasteiger partial charge in [0.25, 0.3) is 0 Å². The van der Waals surface area contributed by atoms with Crippen molar-refractivity contribution in [2.45, 2.75) is 32.8 Å². The third kappa shape index (κ3) is 3.40. The van der Waals surface area contributed by atoms with Crippen LogP contribution in [-0.2, 0) is 16.1 Å². The average molecular weight is 232 g/mol. The summed E-state index contributed by atoms with van der Waals surface area (Å²) in [7, 11) is 0. The lowest BCUT2D eigenvalue weighted by atomic mass is 9.81. The lowest BCUT2D eigenvalue weighted by Gasteiger charge is -2.25. The van der Waals surface area contributed by atoms with Crippen LogP contribution >= 0.6 is 0 Å². The van der Waals surface area contributed by atoms with Gasteiger partial charge in [-0.25, -0.2) is 0 Å². The van der Waals surface area contributed by atoms with Crippen LogP contribution in [0.1, 0.15) is 31.7 Å². The molecule has 2 atom stereocenters. The SMILES string of the molecule is CC1CCCC(COCc2ccccc2)C1=O. The Morgan fingerprint density at radius 1 is 1.24 bits per heavy atom. The minimum atomic E-state index is 0.127. The van der Waals surface area contributed by atoms with Gasteiger partial charge in [-0.15, -0.1) is 0 Å². The molecular weight excluding hydrogens is 212 g/mol. The predicted octanol–water partition coefficient (Wildman–Crippen LogP) is 3.21. The Bertz CT molecular complexity index is 358. The molecule has 0 radical (unpaired) electrons. The molecule has 1 saturated carbocycles. The zero-order chi connectivity index (χ0) is 12.1. The van der Waals surface area contributed by atoms with Crippen LogP contribution in [0.15, 0.2) is 30.3 Å². The van der Waals surface area contributed by atoms with Gasteiger partial charge in [0.1, 0.15) is 5.78 Å². The number of ether oxygens (including phenoxy) is 1. The smallest absolute Gasteiger partial charge is 0.141 e. The molecule has 0 aliphatic heterocycles. The summed E-state index contributed by atoms with van der Waals surface area (Å²) in [4.78, 5) is 11.9. The number of ketones is 1. The van der Waals surface area contributed by atoms with Gasteiger partial charge in [0, 0.05) is 11.8 Å². The fourth-order valence-electron chi connectivity index (χ4n) is 2.42. The van der Waals surface area contributed by atoms with E-state index in [1.54, 1.807) is 0 Å². The van der Waals surface area contributed by atoms with Crippen molar-refractivity contribution in [2.75, 3.05) is 6.61 Å². The number of hydrogen-bond donors (Lipinski definition) is 0.